The highest BCUT2D eigenvalue weighted by Gasteiger charge is 2.30. The molecule has 1 aromatic rings. The number of carbonyl (C=O) groups excluding carboxylic acids is 1. The monoisotopic (exact) mass is 239 g/mol. The molecule has 1 N–H and O–H groups in total. The lowest BCUT2D eigenvalue weighted by molar-refractivity contribution is -0.127. The summed E-state index contributed by atoms with van der Waals surface area (Å²) in [5.74, 6) is -1.73. The van der Waals surface area contributed by atoms with Crippen molar-refractivity contribution in [3.05, 3.63) is 29.8 Å². The zero-order chi connectivity index (χ0) is 13.2. The molecule has 17 heavy (non-hydrogen) atoms. The van der Waals surface area contributed by atoms with Crippen molar-refractivity contribution in [1.82, 2.24) is 0 Å². The molecule has 0 saturated heterocycles. The Morgan fingerprint density at radius 2 is 1.71 bits per heavy atom. The molecule has 1 amide bonds. The minimum absolute atomic E-state index is 0.120. The first-order valence-electron chi connectivity index (χ1n) is 5.04. The van der Waals surface area contributed by atoms with Crippen molar-refractivity contribution >= 4 is 17.6 Å². The van der Waals surface area contributed by atoms with Gasteiger partial charge in [0.2, 0.25) is 0 Å². The van der Waals surface area contributed by atoms with Crippen LogP contribution in [0.3, 0.4) is 0 Å². The van der Waals surface area contributed by atoms with Gasteiger partial charge in [0, 0.05) is 12.7 Å². The lowest BCUT2D eigenvalue weighted by Gasteiger charge is -2.23. The highest BCUT2D eigenvalue weighted by atomic mass is 19.1. The predicted molar refractivity (Wildman–Crippen MR) is 62.0 cm³/mol. The first-order valence-corrected chi connectivity index (χ1v) is 5.04. The third-order valence-corrected chi connectivity index (χ3v) is 2.31. The van der Waals surface area contributed by atoms with Crippen LogP contribution in [-0.4, -0.2) is 29.7 Å². The van der Waals surface area contributed by atoms with Gasteiger partial charge in [0.15, 0.2) is 5.67 Å². The van der Waals surface area contributed by atoms with Crippen molar-refractivity contribution in [3.8, 4) is 0 Å². The number of amides is 1. The lowest BCUT2D eigenvalue weighted by Crippen LogP contribution is -2.40. The van der Waals surface area contributed by atoms with Gasteiger partial charge in [0.1, 0.15) is 0 Å². The summed E-state index contributed by atoms with van der Waals surface area (Å²) in [6.07, 6.45) is 0. The van der Waals surface area contributed by atoms with Crippen LogP contribution in [0.15, 0.2) is 24.3 Å². The number of hydrogen-bond donors (Lipinski definition) is 1. The quantitative estimate of drug-likeness (QED) is 0.878. The van der Waals surface area contributed by atoms with Crippen LogP contribution in [0.2, 0.25) is 0 Å². The SMILES string of the molecule is CN(C(=O)C(C)(C)F)c1ccc(C(=O)O)cc1. The van der Waals surface area contributed by atoms with Gasteiger partial charge in [-0.05, 0) is 38.1 Å². The second-order valence-electron chi connectivity index (χ2n) is 4.19. The number of rotatable bonds is 3. The summed E-state index contributed by atoms with van der Waals surface area (Å²) >= 11 is 0. The molecule has 0 saturated carbocycles. The van der Waals surface area contributed by atoms with Crippen molar-refractivity contribution < 1.29 is 19.1 Å². The topological polar surface area (TPSA) is 57.6 Å². The van der Waals surface area contributed by atoms with E-state index in [9.17, 15) is 14.0 Å². The van der Waals surface area contributed by atoms with Crippen LogP contribution < -0.4 is 4.90 Å². The van der Waals surface area contributed by atoms with E-state index in [1.54, 1.807) is 0 Å². The molecule has 0 bridgehead atoms. The van der Waals surface area contributed by atoms with Gasteiger partial charge in [-0.1, -0.05) is 0 Å². The Morgan fingerprint density at radius 1 is 1.24 bits per heavy atom. The van der Waals surface area contributed by atoms with Gasteiger partial charge in [-0.15, -0.1) is 0 Å². The van der Waals surface area contributed by atoms with Crippen LogP contribution in [0, 0.1) is 0 Å². The molecule has 0 aliphatic carbocycles. The number of alkyl halides is 1. The van der Waals surface area contributed by atoms with Crippen LogP contribution in [-0.2, 0) is 4.79 Å². The van der Waals surface area contributed by atoms with Crippen molar-refractivity contribution in [3.63, 3.8) is 0 Å². The van der Waals surface area contributed by atoms with Gasteiger partial charge < -0.3 is 10.0 Å². The molecule has 92 valence electrons. The molecule has 0 spiro atoms. The molecule has 0 radical (unpaired) electrons. The average Bonchev–Trinajstić information content (AvgIpc) is 2.26. The maximum absolute atomic E-state index is 13.4. The highest BCUT2D eigenvalue weighted by Crippen LogP contribution is 2.19. The third kappa shape index (κ3) is 3.03. The summed E-state index contributed by atoms with van der Waals surface area (Å²) in [6, 6.07) is 5.67. The van der Waals surface area contributed by atoms with E-state index in [2.05, 4.69) is 0 Å². The maximum atomic E-state index is 13.4. The molecule has 0 heterocycles. The fourth-order valence-corrected chi connectivity index (χ4v) is 1.34. The van der Waals surface area contributed by atoms with Crippen molar-refractivity contribution in [1.29, 1.82) is 0 Å². The van der Waals surface area contributed by atoms with Gasteiger partial charge in [-0.2, -0.15) is 0 Å². The fourth-order valence-electron chi connectivity index (χ4n) is 1.34. The van der Waals surface area contributed by atoms with E-state index in [0.29, 0.717) is 5.69 Å². The van der Waals surface area contributed by atoms with Crippen molar-refractivity contribution in [2.24, 2.45) is 0 Å². The molecule has 0 atom stereocenters. The van der Waals surface area contributed by atoms with Crippen LogP contribution >= 0.6 is 0 Å². The van der Waals surface area contributed by atoms with Crippen LogP contribution in [0.25, 0.3) is 0 Å². The smallest absolute Gasteiger partial charge is 0.335 e. The minimum atomic E-state index is -1.96. The summed E-state index contributed by atoms with van der Waals surface area (Å²) in [4.78, 5) is 23.4. The Hall–Kier alpha value is -1.91. The minimum Gasteiger partial charge on any atom is -0.478 e. The number of carboxylic acids is 1. The first kappa shape index (κ1) is 13.2. The van der Waals surface area contributed by atoms with Gasteiger partial charge in [0.05, 0.1) is 5.56 Å². The van der Waals surface area contributed by atoms with E-state index >= 15 is 0 Å². The highest BCUT2D eigenvalue weighted by molar-refractivity contribution is 5.98. The van der Waals surface area contributed by atoms with Gasteiger partial charge in [-0.3, -0.25) is 4.79 Å². The van der Waals surface area contributed by atoms with Gasteiger partial charge in [-0.25, -0.2) is 9.18 Å². The first-order chi connectivity index (χ1) is 7.73. The average molecular weight is 239 g/mol. The van der Waals surface area contributed by atoms with Crippen LogP contribution in [0.1, 0.15) is 24.2 Å². The van der Waals surface area contributed by atoms with Crippen LogP contribution in [0.5, 0.6) is 0 Å². The molecular weight excluding hydrogens is 225 g/mol. The number of anilines is 1. The molecule has 0 fully saturated rings. The number of carboxylic acid groups (broad SMARTS) is 1. The predicted octanol–water partition coefficient (Wildman–Crippen LogP) is 2.10. The summed E-state index contributed by atoms with van der Waals surface area (Å²) in [5.41, 5.74) is -1.39. The van der Waals surface area contributed by atoms with E-state index < -0.39 is 17.5 Å². The Balaban J connectivity index is 2.94. The zero-order valence-corrected chi connectivity index (χ0v) is 9.90. The second kappa shape index (κ2) is 4.53. The molecule has 5 heteroatoms. The van der Waals surface area contributed by atoms with E-state index in [0.717, 1.165) is 4.90 Å². The Labute approximate surface area is 98.7 Å². The van der Waals surface area contributed by atoms with Crippen molar-refractivity contribution in [2.45, 2.75) is 19.5 Å². The fraction of sp³-hybridized carbons (Fsp3) is 0.333. The maximum Gasteiger partial charge on any atom is 0.335 e. The molecule has 4 nitrogen and oxygen atoms in total. The zero-order valence-electron chi connectivity index (χ0n) is 9.90. The molecule has 0 unspecified atom stereocenters. The Morgan fingerprint density at radius 3 is 2.06 bits per heavy atom. The number of carbonyl (C=O) groups is 2. The van der Waals surface area contributed by atoms with Crippen LogP contribution in [0.4, 0.5) is 10.1 Å². The normalized spacial score (nSPS) is 11.1. The number of benzene rings is 1. The second-order valence-corrected chi connectivity index (χ2v) is 4.19. The summed E-state index contributed by atoms with van der Waals surface area (Å²) < 4.78 is 13.4. The molecule has 1 aromatic carbocycles. The largest absolute Gasteiger partial charge is 0.478 e. The molecule has 0 aliphatic rings. The molecule has 0 aliphatic heterocycles. The van der Waals surface area contributed by atoms with Crippen molar-refractivity contribution in [2.75, 3.05) is 11.9 Å². The molecule has 0 aromatic heterocycles. The number of aromatic carboxylic acids is 1. The summed E-state index contributed by atoms with van der Waals surface area (Å²) in [7, 11) is 1.44. The number of hydrogen-bond acceptors (Lipinski definition) is 2. The number of nitrogens with zero attached hydrogens (tertiary/aromatic N) is 1. The Kier molecular flexibility index (Phi) is 3.50. The van der Waals surface area contributed by atoms with E-state index in [1.807, 2.05) is 0 Å². The summed E-state index contributed by atoms with van der Waals surface area (Å²) in [6.45, 7) is 2.36. The van der Waals surface area contributed by atoms with E-state index in [4.69, 9.17) is 5.11 Å². The van der Waals surface area contributed by atoms with Gasteiger partial charge in [0.25, 0.3) is 5.91 Å². The van der Waals surface area contributed by atoms with Gasteiger partial charge >= 0.3 is 5.97 Å². The van der Waals surface area contributed by atoms with E-state index in [1.165, 1.54) is 45.2 Å². The number of halogens is 1. The summed E-state index contributed by atoms with van der Waals surface area (Å²) in [5, 5.41) is 8.71. The lowest BCUT2D eigenvalue weighted by atomic mass is 10.1. The molecule has 1 rings (SSSR count). The third-order valence-electron chi connectivity index (χ3n) is 2.31. The standard InChI is InChI=1S/C12H14FNO3/c1-12(2,13)11(17)14(3)9-6-4-8(5-7-9)10(15)16/h4-7H,1-3H3,(H,15,16). The molecular formula is C12H14FNO3. The Bertz CT molecular complexity index is 434. The van der Waals surface area contributed by atoms with E-state index in [-0.39, 0.29) is 5.56 Å².